The smallest absolute Gasteiger partial charge is 0.0988 e. The van der Waals surface area contributed by atoms with Crippen LogP contribution in [0, 0.1) is 5.92 Å². The second-order valence-electron chi connectivity index (χ2n) is 2.73. The Labute approximate surface area is 68.8 Å². The van der Waals surface area contributed by atoms with Gasteiger partial charge >= 0.3 is 0 Å². The van der Waals surface area contributed by atoms with E-state index >= 15 is 0 Å². The Morgan fingerprint density at radius 3 is 2.67 bits per heavy atom. The Hall–Kier alpha value is 0.697. The Morgan fingerprint density at radius 2 is 2.22 bits per heavy atom. The van der Waals surface area contributed by atoms with E-state index in [0.717, 1.165) is 5.92 Å². The van der Waals surface area contributed by atoms with Gasteiger partial charge in [0.2, 0.25) is 0 Å². The topological polar surface area (TPSA) is 0 Å². The molecule has 1 unspecified atom stereocenters. The van der Waals surface area contributed by atoms with Crippen molar-refractivity contribution < 1.29 is 0 Å². The van der Waals surface area contributed by atoms with E-state index in [9.17, 15) is 0 Å². The van der Waals surface area contributed by atoms with Gasteiger partial charge in [0.05, 0.1) is 8.14 Å². The fourth-order valence-electron chi connectivity index (χ4n) is 0.883. The summed E-state index contributed by atoms with van der Waals surface area (Å²) in [5.41, 5.74) is 0. The molecule has 56 valence electrons. The molecule has 0 amide bonds. The summed E-state index contributed by atoms with van der Waals surface area (Å²) in [6.45, 7) is 4.63. The van der Waals surface area contributed by atoms with Gasteiger partial charge < -0.3 is 0 Å². The van der Waals surface area contributed by atoms with E-state index in [2.05, 4.69) is 29.1 Å². The van der Waals surface area contributed by atoms with Gasteiger partial charge in [-0.2, -0.15) is 0 Å². The van der Waals surface area contributed by atoms with Crippen LogP contribution in [0.15, 0.2) is 0 Å². The normalized spacial score (nSPS) is 15.0. The average Bonchev–Trinajstić information content (AvgIpc) is 1.85. The highest BCUT2D eigenvalue weighted by molar-refractivity contribution is 9.23. The van der Waals surface area contributed by atoms with Crippen LogP contribution in [0.4, 0.5) is 0 Å². The Morgan fingerprint density at radius 1 is 1.56 bits per heavy atom. The van der Waals surface area contributed by atoms with Crippen molar-refractivity contribution >= 4 is 23.4 Å². The van der Waals surface area contributed by atoms with Crippen LogP contribution >= 0.6 is 15.3 Å². The number of unbranched alkanes of at least 4 members (excludes halogenated alkanes) is 1. The fraction of sp³-hybridized carbons (Fsp3) is 1.00. The van der Waals surface area contributed by atoms with Crippen LogP contribution in [0.5, 0.6) is 0 Å². The molecule has 1 atom stereocenters. The summed E-state index contributed by atoms with van der Waals surface area (Å²) in [5, 5.41) is 0. The van der Waals surface area contributed by atoms with Crippen molar-refractivity contribution in [3.05, 3.63) is 0 Å². The number of halogens is 1. The Balaban J connectivity index is 2.95. The van der Waals surface area contributed by atoms with E-state index in [4.69, 9.17) is 0 Å². The third-order valence-electron chi connectivity index (χ3n) is 1.65. The standard InChI is InChI=1S/C7H17BrSi/c1-3-4-5-7(2)6-9-8/h7H,3-6,9H2,1-2H3. The van der Waals surface area contributed by atoms with Gasteiger partial charge in [0.25, 0.3) is 0 Å². The summed E-state index contributed by atoms with van der Waals surface area (Å²) in [7, 11) is 0.151. The lowest BCUT2D eigenvalue weighted by atomic mass is 10.1. The highest BCUT2D eigenvalue weighted by atomic mass is 79.9. The molecule has 0 heterocycles. The molecule has 0 nitrogen and oxygen atoms in total. The maximum atomic E-state index is 3.58. The maximum Gasteiger partial charge on any atom is 0.0988 e. The molecule has 0 aromatic rings. The molecule has 2 heteroatoms. The molecule has 0 aromatic carbocycles. The first kappa shape index (κ1) is 9.70. The minimum Gasteiger partial charge on any atom is -0.135 e. The molecule has 0 saturated heterocycles. The van der Waals surface area contributed by atoms with Crippen LogP contribution in [0.2, 0.25) is 6.04 Å². The quantitative estimate of drug-likeness (QED) is 0.482. The number of hydrogen-bond acceptors (Lipinski definition) is 0. The Bertz CT molecular complexity index is 56.9. The summed E-state index contributed by atoms with van der Waals surface area (Å²) in [6.07, 6.45) is 4.21. The number of rotatable bonds is 5. The van der Waals surface area contributed by atoms with E-state index in [-0.39, 0.29) is 8.14 Å². The van der Waals surface area contributed by atoms with Crippen molar-refractivity contribution in [1.82, 2.24) is 0 Å². The molecule has 0 saturated carbocycles. The molecular formula is C7H17BrSi. The van der Waals surface area contributed by atoms with Gasteiger partial charge in [0.15, 0.2) is 0 Å². The van der Waals surface area contributed by atoms with Gasteiger partial charge in [-0.25, -0.2) is 0 Å². The zero-order valence-electron chi connectivity index (χ0n) is 6.49. The van der Waals surface area contributed by atoms with Crippen LogP contribution in [0.3, 0.4) is 0 Å². The highest BCUT2D eigenvalue weighted by Crippen LogP contribution is 2.12. The van der Waals surface area contributed by atoms with E-state index in [1.165, 1.54) is 25.3 Å². The minimum absolute atomic E-state index is 0.151. The van der Waals surface area contributed by atoms with Crippen molar-refractivity contribution in [3.8, 4) is 0 Å². The molecule has 0 aliphatic carbocycles. The molecule has 0 aliphatic heterocycles. The second-order valence-corrected chi connectivity index (χ2v) is 6.06. The van der Waals surface area contributed by atoms with Gasteiger partial charge in [0.1, 0.15) is 0 Å². The Kier molecular flexibility index (Phi) is 7.34. The molecular weight excluding hydrogens is 192 g/mol. The van der Waals surface area contributed by atoms with Gasteiger partial charge in [-0.05, 0) is 5.92 Å². The van der Waals surface area contributed by atoms with Gasteiger partial charge in [-0.3, -0.25) is 0 Å². The lowest BCUT2D eigenvalue weighted by molar-refractivity contribution is 0.549. The predicted octanol–water partition coefficient (Wildman–Crippen LogP) is 2.71. The van der Waals surface area contributed by atoms with Gasteiger partial charge in [-0.1, -0.05) is 39.2 Å². The third-order valence-corrected chi connectivity index (χ3v) is 4.23. The van der Waals surface area contributed by atoms with Crippen LogP contribution in [-0.4, -0.2) is 8.14 Å². The lowest BCUT2D eigenvalue weighted by Gasteiger charge is -2.06. The summed E-state index contributed by atoms with van der Waals surface area (Å²) in [4.78, 5) is 0. The summed E-state index contributed by atoms with van der Waals surface area (Å²) < 4.78 is 0. The van der Waals surface area contributed by atoms with Crippen molar-refractivity contribution in [2.24, 2.45) is 5.92 Å². The molecule has 0 fully saturated rings. The van der Waals surface area contributed by atoms with Gasteiger partial charge in [-0.15, -0.1) is 15.3 Å². The van der Waals surface area contributed by atoms with Crippen LogP contribution in [0.1, 0.15) is 33.1 Å². The molecule has 0 aromatic heterocycles. The lowest BCUT2D eigenvalue weighted by Crippen LogP contribution is -1.94. The van der Waals surface area contributed by atoms with Crippen LogP contribution in [0.25, 0.3) is 0 Å². The zero-order valence-corrected chi connectivity index (χ0v) is 9.49. The molecule has 0 aliphatic rings. The molecule has 9 heavy (non-hydrogen) atoms. The molecule has 0 rings (SSSR count). The van der Waals surface area contributed by atoms with Crippen molar-refractivity contribution in [2.45, 2.75) is 39.2 Å². The first-order chi connectivity index (χ1) is 4.31. The largest absolute Gasteiger partial charge is 0.135 e. The van der Waals surface area contributed by atoms with E-state index in [1.54, 1.807) is 0 Å². The monoisotopic (exact) mass is 208 g/mol. The molecule has 0 radical (unpaired) electrons. The molecule has 0 spiro atoms. The molecule has 0 N–H and O–H groups in total. The van der Waals surface area contributed by atoms with E-state index in [0.29, 0.717) is 0 Å². The fourth-order valence-corrected chi connectivity index (χ4v) is 3.89. The van der Waals surface area contributed by atoms with Crippen LogP contribution in [-0.2, 0) is 0 Å². The molecule has 0 bridgehead atoms. The number of hydrogen-bond donors (Lipinski definition) is 0. The van der Waals surface area contributed by atoms with E-state index in [1.807, 2.05) is 0 Å². The van der Waals surface area contributed by atoms with Crippen LogP contribution < -0.4 is 0 Å². The summed E-state index contributed by atoms with van der Waals surface area (Å²) >= 11 is 3.58. The first-order valence-corrected chi connectivity index (χ1v) is 8.77. The zero-order chi connectivity index (χ0) is 7.11. The first-order valence-electron chi connectivity index (χ1n) is 3.87. The average molecular weight is 209 g/mol. The van der Waals surface area contributed by atoms with Crippen molar-refractivity contribution in [3.63, 3.8) is 0 Å². The second kappa shape index (κ2) is 6.81. The highest BCUT2D eigenvalue weighted by Gasteiger charge is 1.98. The predicted molar refractivity (Wildman–Crippen MR) is 51.0 cm³/mol. The van der Waals surface area contributed by atoms with Crippen molar-refractivity contribution in [2.75, 3.05) is 0 Å². The maximum absolute atomic E-state index is 3.58. The summed E-state index contributed by atoms with van der Waals surface area (Å²) in [5.74, 6) is 0.982. The van der Waals surface area contributed by atoms with Crippen molar-refractivity contribution in [1.29, 1.82) is 0 Å². The minimum atomic E-state index is 0.151. The SMILES string of the molecule is CCCCC(C)C[SiH2]Br. The van der Waals surface area contributed by atoms with Gasteiger partial charge in [0, 0.05) is 0 Å². The third kappa shape index (κ3) is 6.58. The van der Waals surface area contributed by atoms with E-state index < -0.39 is 0 Å². The summed E-state index contributed by atoms with van der Waals surface area (Å²) in [6, 6.07) is 1.47.